The number of aliphatic hydroxyl groups is 2. The van der Waals surface area contributed by atoms with E-state index in [1.807, 2.05) is 30.3 Å². The summed E-state index contributed by atoms with van der Waals surface area (Å²) in [6.45, 7) is 3.89. The molecule has 8 heteroatoms. The molecule has 1 aromatic carbocycles. The van der Waals surface area contributed by atoms with E-state index in [2.05, 4.69) is 10.6 Å². The van der Waals surface area contributed by atoms with Crippen molar-refractivity contribution in [3.8, 4) is 0 Å². The molecule has 1 unspecified atom stereocenters. The van der Waals surface area contributed by atoms with Crippen molar-refractivity contribution in [3.63, 3.8) is 0 Å². The zero-order valence-corrected chi connectivity index (χ0v) is 15.0. The maximum atomic E-state index is 12.5. The van der Waals surface area contributed by atoms with Gasteiger partial charge in [0.1, 0.15) is 0 Å². The van der Waals surface area contributed by atoms with Gasteiger partial charge in [-0.3, -0.25) is 4.79 Å². The Morgan fingerprint density at radius 2 is 1.92 bits per heavy atom. The summed E-state index contributed by atoms with van der Waals surface area (Å²) in [7, 11) is 0. The number of rotatable bonds is 5. The first-order valence-electron chi connectivity index (χ1n) is 8.60. The summed E-state index contributed by atoms with van der Waals surface area (Å²) in [6, 6.07) is 7.75. The van der Waals surface area contributed by atoms with E-state index in [9.17, 15) is 23.1 Å². The predicted molar refractivity (Wildman–Crippen MR) is 92.2 cm³/mol. The average Bonchev–Trinajstić information content (AvgIpc) is 3.14. The van der Waals surface area contributed by atoms with Crippen LogP contribution in [0.1, 0.15) is 32.3 Å². The number of hydrogen-bond acceptors (Lipinski definition) is 4. The lowest BCUT2D eigenvalue weighted by molar-refractivity contribution is -0.215. The van der Waals surface area contributed by atoms with E-state index in [0.717, 1.165) is 12.0 Å². The first-order valence-corrected chi connectivity index (χ1v) is 8.60. The number of aliphatic hydroxyl groups excluding tert-OH is 2. The van der Waals surface area contributed by atoms with Crippen molar-refractivity contribution in [2.75, 3.05) is 6.54 Å². The molecular weight excluding hydrogens is 349 g/mol. The van der Waals surface area contributed by atoms with Crippen LogP contribution in [0.4, 0.5) is 13.2 Å². The van der Waals surface area contributed by atoms with Crippen molar-refractivity contribution < 1.29 is 28.2 Å². The normalized spacial score (nSPS) is 19.5. The van der Waals surface area contributed by atoms with Crippen LogP contribution < -0.4 is 10.6 Å². The Labute approximate surface area is 151 Å². The van der Waals surface area contributed by atoms with Crippen molar-refractivity contribution in [1.82, 2.24) is 10.6 Å². The van der Waals surface area contributed by atoms with E-state index in [1.54, 1.807) is 0 Å². The lowest BCUT2D eigenvalue weighted by Gasteiger charge is -2.29. The fourth-order valence-electron chi connectivity index (χ4n) is 2.57. The van der Waals surface area contributed by atoms with Gasteiger partial charge in [-0.05, 0) is 30.9 Å². The van der Waals surface area contributed by atoms with Crippen LogP contribution in [-0.2, 0) is 11.4 Å². The third-order valence-corrected chi connectivity index (χ3v) is 4.10. The smallest absolute Gasteiger partial charge is 0.392 e. The summed E-state index contributed by atoms with van der Waals surface area (Å²) < 4.78 is 37.4. The average molecular weight is 376 g/mol. The lowest BCUT2D eigenvalue weighted by atomic mass is 9.97. The van der Waals surface area contributed by atoms with Crippen molar-refractivity contribution in [1.29, 1.82) is 0 Å². The molecule has 0 aliphatic carbocycles. The molecule has 1 saturated heterocycles. The Hall–Kier alpha value is -1.64. The van der Waals surface area contributed by atoms with Crippen LogP contribution in [0.5, 0.6) is 0 Å². The minimum Gasteiger partial charge on any atom is -0.392 e. The molecular formula is C18H27F3N2O3. The minimum absolute atomic E-state index is 0.140. The molecule has 0 radical (unpaired) electrons. The van der Waals surface area contributed by atoms with Gasteiger partial charge in [0.2, 0.25) is 5.91 Å². The molecule has 0 saturated carbocycles. The molecule has 0 spiro atoms. The van der Waals surface area contributed by atoms with Gasteiger partial charge in [0.05, 0.1) is 18.7 Å². The molecule has 26 heavy (non-hydrogen) atoms. The third kappa shape index (κ3) is 7.31. The van der Waals surface area contributed by atoms with Crippen LogP contribution in [0.3, 0.4) is 0 Å². The number of carbonyl (C=O) groups excluding carboxylic acids is 1. The number of carbonyl (C=O) groups is 1. The second-order valence-corrected chi connectivity index (χ2v) is 6.56. The van der Waals surface area contributed by atoms with Gasteiger partial charge in [0, 0.05) is 0 Å². The molecule has 2 rings (SSSR count). The summed E-state index contributed by atoms with van der Waals surface area (Å²) in [5, 5.41) is 23.0. The zero-order chi connectivity index (χ0) is 19.7. The van der Waals surface area contributed by atoms with E-state index in [-0.39, 0.29) is 6.61 Å². The van der Waals surface area contributed by atoms with E-state index in [1.165, 1.54) is 13.8 Å². The van der Waals surface area contributed by atoms with Gasteiger partial charge in [-0.1, -0.05) is 44.2 Å². The van der Waals surface area contributed by atoms with Gasteiger partial charge in [-0.15, -0.1) is 0 Å². The van der Waals surface area contributed by atoms with Gasteiger partial charge in [-0.2, -0.15) is 13.2 Å². The maximum Gasteiger partial charge on any atom is 0.416 e. The van der Waals surface area contributed by atoms with Crippen LogP contribution in [0.15, 0.2) is 30.3 Å². The molecule has 3 atom stereocenters. The highest BCUT2D eigenvalue weighted by Crippen LogP contribution is 2.25. The zero-order valence-electron chi connectivity index (χ0n) is 15.0. The summed E-state index contributed by atoms with van der Waals surface area (Å²) in [5.74, 6) is -0.985. The second-order valence-electron chi connectivity index (χ2n) is 6.56. The van der Waals surface area contributed by atoms with Crippen LogP contribution >= 0.6 is 0 Å². The highest BCUT2D eigenvalue weighted by atomic mass is 19.4. The quantitative estimate of drug-likeness (QED) is 0.634. The summed E-state index contributed by atoms with van der Waals surface area (Å²) >= 11 is 0. The van der Waals surface area contributed by atoms with Gasteiger partial charge >= 0.3 is 6.18 Å². The van der Waals surface area contributed by atoms with Crippen molar-refractivity contribution in [2.24, 2.45) is 5.92 Å². The van der Waals surface area contributed by atoms with E-state index in [0.29, 0.717) is 13.0 Å². The molecule has 1 aliphatic rings. The maximum absolute atomic E-state index is 12.5. The van der Waals surface area contributed by atoms with Crippen molar-refractivity contribution in [2.45, 2.75) is 57.7 Å². The van der Waals surface area contributed by atoms with E-state index >= 15 is 0 Å². The Bertz CT molecular complexity index is 532. The second kappa shape index (κ2) is 10.5. The first-order chi connectivity index (χ1) is 12.2. The van der Waals surface area contributed by atoms with Crippen LogP contribution in [0, 0.1) is 5.92 Å². The molecule has 1 heterocycles. The predicted octanol–water partition coefficient (Wildman–Crippen LogP) is 1.98. The monoisotopic (exact) mass is 376 g/mol. The number of halogens is 3. The topological polar surface area (TPSA) is 81.6 Å². The van der Waals surface area contributed by atoms with Crippen LogP contribution in [-0.4, -0.2) is 47.0 Å². The Kier molecular flexibility index (Phi) is 9.04. The SMILES string of the molecule is CC(C)[C@H](NC(=O)C1CCCN1)[C@H](O)C(F)(F)F.OCc1ccccc1. The number of benzene rings is 1. The van der Waals surface area contributed by atoms with Gasteiger partial charge in [-0.25, -0.2) is 0 Å². The largest absolute Gasteiger partial charge is 0.416 e. The summed E-state index contributed by atoms with van der Waals surface area (Å²) in [6.07, 6.45) is -5.83. The standard InChI is InChI=1S/C11H19F3N2O2.C7H8O/c1-6(2)8(9(17)11(12,13)14)16-10(18)7-4-3-5-15-7;8-6-7-4-2-1-3-5-7/h6-9,15,17H,3-5H2,1-2H3,(H,16,18);1-5,8H,6H2/t7?,8-,9-;/m0./s1. The molecule has 148 valence electrons. The molecule has 1 fully saturated rings. The Balaban J connectivity index is 0.000000350. The molecule has 0 bridgehead atoms. The van der Waals surface area contributed by atoms with Gasteiger partial charge < -0.3 is 20.8 Å². The molecule has 5 nitrogen and oxygen atoms in total. The first kappa shape index (κ1) is 22.4. The Morgan fingerprint density at radius 1 is 1.31 bits per heavy atom. The fourth-order valence-corrected chi connectivity index (χ4v) is 2.57. The molecule has 1 aliphatic heterocycles. The number of nitrogens with one attached hydrogen (secondary N) is 2. The number of alkyl halides is 3. The lowest BCUT2D eigenvalue weighted by Crippen LogP contribution is -2.55. The van der Waals surface area contributed by atoms with Crippen molar-refractivity contribution in [3.05, 3.63) is 35.9 Å². The Morgan fingerprint density at radius 3 is 2.31 bits per heavy atom. The highest BCUT2D eigenvalue weighted by molar-refractivity contribution is 5.82. The van der Waals surface area contributed by atoms with Gasteiger partial charge in [0.25, 0.3) is 0 Å². The molecule has 4 N–H and O–H groups in total. The van der Waals surface area contributed by atoms with Crippen molar-refractivity contribution >= 4 is 5.91 Å². The number of amides is 1. The minimum atomic E-state index is -4.73. The number of hydrogen-bond donors (Lipinski definition) is 4. The van der Waals surface area contributed by atoms with Crippen LogP contribution in [0.2, 0.25) is 0 Å². The third-order valence-electron chi connectivity index (χ3n) is 4.10. The van der Waals surface area contributed by atoms with Crippen LogP contribution in [0.25, 0.3) is 0 Å². The highest BCUT2D eigenvalue weighted by Gasteiger charge is 2.45. The van der Waals surface area contributed by atoms with E-state index in [4.69, 9.17) is 5.11 Å². The molecule has 0 aromatic heterocycles. The summed E-state index contributed by atoms with van der Waals surface area (Å²) in [4.78, 5) is 11.7. The summed E-state index contributed by atoms with van der Waals surface area (Å²) in [5.41, 5.74) is 0.965. The molecule has 1 amide bonds. The van der Waals surface area contributed by atoms with E-state index < -0.39 is 36.2 Å². The van der Waals surface area contributed by atoms with Gasteiger partial charge in [0.15, 0.2) is 6.10 Å². The fraction of sp³-hybridized carbons (Fsp3) is 0.611. The molecule has 1 aromatic rings.